The molecule has 0 radical (unpaired) electrons. The molecule has 2 heterocycles. The minimum atomic E-state index is -3.74. The number of morpholine rings is 1. The number of benzene rings is 1. The average Bonchev–Trinajstić information content (AvgIpc) is 2.72. The quantitative estimate of drug-likeness (QED) is 0.792. The summed E-state index contributed by atoms with van der Waals surface area (Å²) < 4.78 is 28.2. The van der Waals surface area contributed by atoms with E-state index in [1.165, 1.54) is 12.1 Å². The normalized spacial score (nSPS) is 15.9. The summed E-state index contributed by atoms with van der Waals surface area (Å²) in [7, 11) is -2.02. The fraction of sp³-hybridized carbons (Fsp3) is 0.368. The molecular formula is C19H25N4O4S+. The molecule has 1 amide bonds. The third-order valence-electron chi connectivity index (χ3n) is 4.98. The maximum atomic E-state index is 13.0. The fourth-order valence-corrected chi connectivity index (χ4v) is 3.64. The molecule has 1 aliphatic rings. The second-order valence-corrected chi connectivity index (χ2v) is 8.33. The molecule has 0 unspecified atom stereocenters. The molecule has 1 aliphatic heterocycles. The van der Waals surface area contributed by atoms with Gasteiger partial charge in [0.05, 0.1) is 24.2 Å². The Morgan fingerprint density at radius 1 is 1.21 bits per heavy atom. The number of anilines is 1. The first-order valence-corrected chi connectivity index (χ1v) is 10.6. The largest absolute Gasteiger partial charge is 0.378 e. The molecule has 150 valence electrons. The summed E-state index contributed by atoms with van der Waals surface area (Å²) in [5.74, 6) is -0.155. The molecule has 3 rings (SSSR count). The van der Waals surface area contributed by atoms with Gasteiger partial charge in [-0.2, -0.15) is 0 Å². The average molecular weight is 406 g/mol. The van der Waals surface area contributed by atoms with Gasteiger partial charge in [0.15, 0.2) is 6.20 Å². The molecule has 1 atom stereocenters. The molecular weight excluding hydrogens is 380 g/mol. The highest BCUT2D eigenvalue weighted by atomic mass is 32.2. The lowest BCUT2D eigenvalue weighted by molar-refractivity contribution is -0.382. The van der Waals surface area contributed by atoms with Crippen LogP contribution < -0.4 is 15.0 Å². The topological polar surface area (TPSA) is 107 Å². The predicted molar refractivity (Wildman–Crippen MR) is 104 cm³/mol. The van der Waals surface area contributed by atoms with Crippen LogP contribution in [0.3, 0.4) is 0 Å². The zero-order valence-corrected chi connectivity index (χ0v) is 16.8. The van der Waals surface area contributed by atoms with Crippen molar-refractivity contribution in [2.24, 2.45) is 5.14 Å². The van der Waals surface area contributed by atoms with Gasteiger partial charge < -0.3 is 14.5 Å². The maximum absolute atomic E-state index is 13.0. The molecule has 9 heteroatoms. The van der Waals surface area contributed by atoms with Crippen LogP contribution in [0.2, 0.25) is 0 Å². The van der Waals surface area contributed by atoms with Gasteiger partial charge in [-0.3, -0.25) is 4.79 Å². The van der Waals surface area contributed by atoms with Gasteiger partial charge in [-0.15, -0.1) is 0 Å². The Kier molecular flexibility index (Phi) is 5.97. The Morgan fingerprint density at radius 2 is 1.86 bits per heavy atom. The number of nitrogens with two attached hydrogens (primary N) is 1. The Morgan fingerprint density at radius 3 is 2.46 bits per heavy atom. The number of pyridine rings is 1. The zero-order valence-electron chi connectivity index (χ0n) is 16.0. The van der Waals surface area contributed by atoms with Gasteiger partial charge in [0.2, 0.25) is 10.0 Å². The van der Waals surface area contributed by atoms with Crippen LogP contribution in [-0.2, 0) is 14.8 Å². The predicted octanol–water partition coefficient (Wildman–Crippen LogP) is 0.818. The lowest BCUT2D eigenvalue weighted by atomic mass is 10.1. The monoisotopic (exact) mass is 405 g/mol. The number of aromatic amines is 1. The van der Waals surface area contributed by atoms with Crippen molar-refractivity contribution < 1.29 is 22.9 Å². The highest BCUT2D eigenvalue weighted by Crippen LogP contribution is 2.22. The van der Waals surface area contributed by atoms with Crippen molar-refractivity contribution in [3.8, 4) is 0 Å². The van der Waals surface area contributed by atoms with E-state index in [0.717, 1.165) is 24.3 Å². The van der Waals surface area contributed by atoms with Gasteiger partial charge in [0, 0.05) is 38.0 Å². The maximum Gasteiger partial charge on any atom is 0.318 e. The fourth-order valence-electron chi connectivity index (χ4n) is 3.12. The van der Waals surface area contributed by atoms with Gasteiger partial charge >= 0.3 is 5.91 Å². The number of carbonyl (C=O) groups is 1. The number of amides is 1. The number of hydrogen-bond donors (Lipinski definition) is 1. The Balaban J connectivity index is 1.76. The molecule has 28 heavy (non-hydrogen) atoms. The van der Waals surface area contributed by atoms with Crippen molar-refractivity contribution in [1.29, 1.82) is 0 Å². The number of hydrogen-bond acceptors (Lipinski definition) is 5. The van der Waals surface area contributed by atoms with E-state index < -0.39 is 10.0 Å². The van der Waals surface area contributed by atoms with Gasteiger partial charge in [-0.25, -0.2) is 18.5 Å². The number of nitrogens with one attached hydrogen (secondary N) is 1. The smallest absolute Gasteiger partial charge is 0.318 e. The second kappa shape index (κ2) is 8.26. The number of nitrogens with zero attached hydrogens (tertiary/aromatic N) is 2. The SMILES string of the molecule is C[C@@H](c1ccc(S(N)(=O)=O)cc1)N(C)C(=O)c1cc(N2CCOCC2)cc[nH+]1. The summed E-state index contributed by atoms with van der Waals surface area (Å²) in [6, 6.07) is 9.78. The van der Waals surface area contributed by atoms with Crippen molar-refractivity contribution in [2.75, 3.05) is 38.3 Å². The molecule has 3 N–H and O–H groups in total. The third kappa shape index (κ3) is 4.49. The summed E-state index contributed by atoms with van der Waals surface area (Å²) in [5, 5.41) is 5.13. The molecule has 0 saturated carbocycles. The van der Waals surface area contributed by atoms with E-state index >= 15 is 0 Å². The summed E-state index contributed by atoms with van der Waals surface area (Å²) in [5.41, 5.74) is 2.27. The highest BCUT2D eigenvalue weighted by molar-refractivity contribution is 7.89. The van der Waals surface area contributed by atoms with E-state index in [0.29, 0.717) is 18.9 Å². The van der Waals surface area contributed by atoms with Crippen LogP contribution in [0.15, 0.2) is 47.5 Å². The second-order valence-electron chi connectivity index (χ2n) is 6.77. The first-order chi connectivity index (χ1) is 13.3. The van der Waals surface area contributed by atoms with E-state index in [4.69, 9.17) is 9.88 Å². The minimum Gasteiger partial charge on any atom is -0.378 e. The van der Waals surface area contributed by atoms with Crippen LogP contribution in [0, 0.1) is 0 Å². The lowest BCUT2D eigenvalue weighted by Gasteiger charge is -2.28. The van der Waals surface area contributed by atoms with Crippen LogP contribution in [-0.4, -0.2) is 52.6 Å². The molecule has 0 bridgehead atoms. The molecule has 0 spiro atoms. The molecule has 0 aliphatic carbocycles. The molecule has 1 aromatic carbocycles. The van der Waals surface area contributed by atoms with Gasteiger partial charge in [0.25, 0.3) is 5.69 Å². The van der Waals surface area contributed by atoms with Crippen molar-refractivity contribution in [3.05, 3.63) is 53.9 Å². The van der Waals surface area contributed by atoms with E-state index in [2.05, 4.69) is 9.88 Å². The number of carbonyl (C=O) groups excluding carboxylic acids is 1. The Hall–Kier alpha value is -2.49. The van der Waals surface area contributed by atoms with Crippen LogP contribution in [0.4, 0.5) is 5.69 Å². The summed E-state index contributed by atoms with van der Waals surface area (Å²) in [4.78, 5) is 19.8. The van der Waals surface area contributed by atoms with E-state index in [-0.39, 0.29) is 16.8 Å². The number of rotatable bonds is 5. The summed E-state index contributed by atoms with van der Waals surface area (Å²) in [6.45, 7) is 4.82. The minimum absolute atomic E-state index is 0.0453. The highest BCUT2D eigenvalue weighted by Gasteiger charge is 2.25. The molecule has 8 nitrogen and oxygen atoms in total. The van der Waals surface area contributed by atoms with Crippen molar-refractivity contribution in [3.63, 3.8) is 0 Å². The zero-order chi connectivity index (χ0) is 20.3. The van der Waals surface area contributed by atoms with E-state index in [9.17, 15) is 13.2 Å². The van der Waals surface area contributed by atoms with Crippen molar-refractivity contribution in [2.45, 2.75) is 17.9 Å². The molecule has 1 fully saturated rings. The number of sulfonamides is 1. The number of aromatic nitrogens is 1. The number of primary sulfonamides is 1. The van der Waals surface area contributed by atoms with Gasteiger partial charge in [0.1, 0.15) is 0 Å². The van der Waals surface area contributed by atoms with Crippen LogP contribution in [0.5, 0.6) is 0 Å². The number of ether oxygens (including phenoxy) is 1. The van der Waals surface area contributed by atoms with Crippen molar-refractivity contribution >= 4 is 21.6 Å². The van der Waals surface area contributed by atoms with Crippen LogP contribution in [0.25, 0.3) is 0 Å². The van der Waals surface area contributed by atoms with E-state index in [1.54, 1.807) is 30.3 Å². The molecule has 2 aromatic rings. The first-order valence-electron chi connectivity index (χ1n) is 9.02. The molecule has 1 saturated heterocycles. The van der Waals surface area contributed by atoms with Gasteiger partial charge in [-0.1, -0.05) is 12.1 Å². The third-order valence-corrected chi connectivity index (χ3v) is 5.91. The first kappa shape index (κ1) is 20.2. The summed E-state index contributed by atoms with van der Waals surface area (Å²) in [6.07, 6.45) is 1.76. The van der Waals surface area contributed by atoms with Crippen LogP contribution in [0.1, 0.15) is 29.0 Å². The Labute approximate surface area is 165 Å². The Bertz CT molecular complexity index is 941. The van der Waals surface area contributed by atoms with Crippen LogP contribution >= 0.6 is 0 Å². The molecule has 1 aromatic heterocycles. The standard InChI is InChI=1S/C19H24N4O4S/c1-14(15-3-5-17(6-4-15)28(20,25)26)22(2)19(24)18-13-16(7-8-21-18)23-9-11-27-12-10-23/h3-8,13-14H,9-12H2,1-2H3,(H2,20,25,26)/p+1/t14-/m0/s1. The van der Waals surface area contributed by atoms with E-state index in [1.807, 2.05) is 19.1 Å². The van der Waals surface area contributed by atoms with Crippen molar-refractivity contribution in [1.82, 2.24) is 4.90 Å². The number of H-pyrrole nitrogens is 1. The summed E-state index contributed by atoms with van der Waals surface area (Å²) >= 11 is 0. The van der Waals surface area contributed by atoms with Gasteiger partial charge in [-0.05, 0) is 24.6 Å². The lowest BCUT2D eigenvalue weighted by Crippen LogP contribution is -2.37.